The van der Waals surface area contributed by atoms with Crippen LogP contribution in [-0.2, 0) is 0 Å². The third-order valence-electron chi connectivity index (χ3n) is 4.72. The monoisotopic (exact) mass is 373 g/mol. The summed E-state index contributed by atoms with van der Waals surface area (Å²) in [7, 11) is 0. The maximum absolute atomic E-state index is 4.25. The average molecular weight is 374 g/mol. The van der Waals surface area contributed by atoms with Crippen molar-refractivity contribution < 1.29 is 0 Å². The number of aromatic nitrogens is 3. The predicted molar refractivity (Wildman–Crippen MR) is 114 cm³/mol. The van der Waals surface area contributed by atoms with Crippen molar-refractivity contribution in [2.45, 2.75) is 27.7 Å². The Morgan fingerprint density at radius 2 is 1.33 bits per heavy atom. The first-order valence-electron chi connectivity index (χ1n) is 8.85. The quantitative estimate of drug-likeness (QED) is 0.421. The van der Waals surface area contributed by atoms with Crippen molar-refractivity contribution in [1.82, 2.24) is 15.0 Å². The van der Waals surface area contributed by atoms with Crippen LogP contribution in [0.2, 0.25) is 0 Å². The molecule has 0 N–H and O–H groups in total. The molecule has 3 nitrogen and oxygen atoms in total. The van der Waals surface area contributed by atoms with Crippen LogP contribution in [-0.4, -0.2) is 15.0 Å². The fraction of sp³-hybridized carbons (Fsp3) is 0.174. The number of rotatable bonds is 2. The molecule has 0 aliphatic carbocycles. The van der Waals surface area contributed by atoms with Crippen LogP contribution in [0.15, 0.2) is 65.9 Å². The van der Waals surface area contributed by atoms with E-state index in [9.17, 15) is 0 Å². The summed E-state index contributed by atoms with van der Waals surface area (Å²) in [6.07, 6.45) is 7.37. The van der Waals surface area contributed by atoms with Crippen molar-refractivity contribution in [2.75, 3.05) is 0 Å². The van der Waals surface area contributed by atoms with E-state index in [2.05, 4.69) is 57.8 Å². The van der Waals surface area contributed by atoms with Gasteiger partial charge in [0, 0.05) is 41.7 Å². The molecule has 4 heteroatoms. The van der Waals surface area contributed by atoms with E-state index in [0.29, 0.717) is 0 Å². The lowest BCUT2D eigenvalue weighted by Crippen LogP contribution is -1.90. The van der Waals surface area contributed by atoms with E-state index < -0.39 is 0 Å². The molecule has 0 radical (unpaired) electrons. The number of thiophene rings is 1. The second-order valence-electron chi connectivity index (χ2n) is 6.39. The Morgan fingerprint density at radius 1 is 0.704 bits per heavy atom. The maximum Gasteiger partial charge on any atom is 0.0407 e. The SMILES string of the molecule is Cc1nccc(-c2cccnc2)c1C.Cc1nccc(-c2ccsc2)c1C. The Labute approximate surface area is 164 Å². The molecule has 0 bridgehead atoms. The molecule has 0 aliphatic rings. The summed E-state index contributed by atoms with van der Waals surface area (Å²) in [5.41, 5.74) is 9.65. The zero-order valence-corrected chi connectivity index (χ0v) is 16.9. The number of hydrogen-bond acceptors (Lipinski definition) is 4. The summed E-state index contributed by atoms with van der Waals surface area (Å²) in [6, 6.07) is 10.3. The van der Waals surface area contributed by atoms with Gasteiger partial charge in [0.05, 0.1) is 0 Å². The maximum atomic E-state index is 4.25. The van der Waals surface area contributed by atoms with Crippen LogP contribution in [0.25, 0.3) is 22.3 Å². The first-order chi connectivity index (χ1) is 13.1. The van der Waals surface area contributed by atoms with E-state index in [4.69, 9.17) is 0 Å². The lowest BCUT2D eigenvalue weighted by molar-refractivity contribution is 1.15. The summed E-state index contributed by atoms with van der Waals surface area (Å²) >= 11 is 1.73. The Balaban J connectivity index is 0.000000156. The van der Waals surface area contributed by atoms with Crippen LogP contribution in [0.5, 0.6) is 0 Å². The summed E-state index contributed by atoms with van der Waals surface area (Å²) in [5, 5.41) is 4.27. The molecule has 0 aromatic carbocycles. The third-order valence-corrected chi connectivity index (χ3v) is 5.40. The van der Waals surface area contributed by atoms with Gasteiger partial charge in [-0.1, -0.05) is 6.07 Å². The largest absolute Gasteiger partial charge is 0.264 e. The van der Waals surface area contributed by atoms with Gasteiger partial charge < -0.3 is 0 Å². The third kappa shape index (κ3) is 4.47. The molecule has 0 atom stereocenters. The van der Waals surface area contributed by atoms with E-state index in [1.54, 1.807) is 17.5 Å². The summed E-state index contributed by atoms with van der Waals surface area (Å²) in [5.74, 6) is 0. The highest BCUT2D eigenvalue weighted by Gasteiger charge is 2.04. The highest BCUT2D eigenvalue weighted by atomic mass is 32.1. The summed E-state index contributed by atoms with van der Waals surface area (Å²) in [6.45, 7) is 8.28. The predicted octanol–water partition coefficient (Wildman–Crippen LogP) is 6.19. The second kappa shape index (κ2) is 8.69. The Kier molecular flexibility index (Phi) is 6.09. The zero-order chi connectivity index (χ0) is 19.2. The van der Waals surface area contributed by atoms with Crippen molar-refractivity contribution in [3.8, 4) is 22.3 Å². The van der Waals surface area contributed by atoms with Gasteiger partial charge in [0.1, 0.15) is 0 Å². The molecule has 0 amide bonds. The van der Waals surface area contributed by atoms with E-state index in [0.717, 1.165) is 17.0 Å². The van der Waals surface area contributed by atoms with Crippen molar-refractivity contribution in [1.29, 1.82) is 0 Å². The fourth-order valence-electron chi connectivity index (χ4n) is 2.85. The van der Waals surface area contributed by atoms with Crippen LogP contribution in [0.1, 0.15) is 22.5 Å². The van der Waals surface area contributed by atoms with E-state index in [-0.39, 0.29) is 0 Å². The highest BCUT2D eigenvalue weighted by molar-refractivity contribution is 7.08. The molecule has 0 saturated heterocycles. The normalized spacial score (nSPS) is 10.2. The molecule has 0 unspecified atom stereocenters. The Morgan fingerprint density at radius 3 is 1.85 bits per heavy atom. The topological polar surface area (TPSA) is 38.7 Å². The van der Waals surface area contributed by atoms with Gasteiger partial charge in [-0.25, -0.2) is 0 Å². The van der Waals surface area contributed by atoms with Gasteiger partial charge in [-0.05, 0) is 90.5 Å². The van der Waals surface area contributed by atoms with Crippen LogP contribution in [0.3, 0.4) is 0 Å². The summed E-state index contributed by atoms with van der Waals surface area (Å²) in [4.78, 5) is 12.6. The van der Waals surface area contributed by atoms with Gasteiger partial charge in [0.15, 0.2) is 0 Å². The minimum Gasteiger partial charge on any atom is -0.264 e. The number of hydrogen-bond donors (Lipinski definition) is 0. The highest BCUT2D eigenvalue weighted by Crippen LogP contribution is 2.26. The van der Waals surface area contributed by atoms with Gasteiger partial charge in [-0.3, -0.25) is 15.0 Å². The standard InChI is InChI=1S/C12H12N2.C11H11NS/c1-9-10(2)14-7-5-12(9)11-4-3-6-13-8-11;1-8-9(2)12-5-3-11(8)10-4-6-13-7-10/h3-8H,1-2H3;3-7H,1-2H3. The molecule has 0 saturated carbocycles. The molecule has 136 valence electrons. The first-order valence-corrected chi connectivity index (χ1v) is 9.79. The van der Waals surface area contributed by atoms with Crippen LogP contribution >= 0.6 is 11.3 Å². The van der Waals surface area contributed by atoms with E-state index >= 15 is 0 Å². The number of nitrogens with zero attached hydrogens (tertiary/aromatic N) is 3. The van der Waals surface area contributed by atoms with Crippen molar-refractivity contribution in [3.63, 3.8) is 0 Å². The minimum absolute atomic E-state index is 1.08. The fourth-order valence-corrected chi connectivity index (χ4v) is 3.50. The van der Waals surface area contributed by atoms with Crippen molar-refractivity contribution in [3.05, 3.63) is 88.4 Å². The molecule has 27 heavy (non-hydrogen) atoms. The molecular formula is C23H23N3S. The van der Waals surface area contributed by atoms with Crippen LogP contribution < -0.4 is 0 Å². The minimum atomic E-state index is 1.08. The smallest absolute Gasteiger partial charge is 0.0407 e. The lowest BCUT2D eigenvalue weighted by Gasteiger charge is -2.06. The van der Waals surface area contributed by atoms with E-state index in [1.165, 1.54) is 27.8 Å². The molecule has 0 aliphatic heterocycles. The molecule has 0 fully saturated rings. The Hall–Kier alpha value is -2.85. The van der Waals surface area contributed by atoms with Gasteiger partial charge in [0.25, 0.3) is 0 Å². The van der Waals surface area contributed by atoms with Crippen LogP contribution in [0.4, 0.5) is 0 Å². The average Bonchev–Trinajstić information content (AvgIpc) is 3.22. The van der Waals surface area contributed by atoms with Gasteiger partial charge in [-0.15, -0.1) is 0 Å². The lowest BCUT2D eigenvalue weighted by atomic mass is 10.0. The van der Waals surface area contributed by atoms with Gasteiger partial charge in [-0.2, -0.15) is 11.3 Å². The van der Waals surface area contributed by atoms with Gasteiger partial charge >= 0.3 is 0 Å². The summed E-state index contributed by atoms with van der Waals surface area (Å²) < 4.78 is 0. The van der Waals surface area contributed by atoms with Crippen molar-refractivity contribution in [2.24, 2.45) is 0 Å². The molecule has 4 rings (SSSR count). The molecular weight excluding hydrogens is 350 g/mol. The second-order valence-corrected chi connectivity index (χ2v) is 7.17. The number of aryl methyl sites for hydroxylation is 2. The molecule has 4 aromatic rings. The van der Waals surface area contributed by atoms with Crippen molar-refractivity contribution >= 4 is 11.3 Å². The molecule has 0 spiro atoms. The van der Waals surface area contributed by atoms with Crippen LogP contribution in [0, 0.1) is 27.7 Å². The zero-order valence-electron chi connectivity index (χ0n) is 16.1. The van der Waals surface area contributed by atoms with E-state index in [1.807, 2.05) is 44.6 Å². The number of pyridine rings is 3. The molecule has 4 heterocycles. The Bertz CT molecular complexity index is 1010. The molecule has 4 aromatic heterocycles. The first kappa shape index (κ1) is 18.9. The van der Waals surface area contributed by atoms with Gasteiger partial charge in [0.2, 0.25) is 0 Å².